The summed E-state index contributed by atoms with van der Waals surface area (Å²) in [5.41, 5.74) is -0.151. The van der Waals surface area contributed by atoms with E-state index in [0.717, 1.165) is 0 Å². The van der Waals surface area contributed by atoms with Gasteiger partial charge in [-0.25, -0.2) is 4.98 Å². The Morgan fingerprint density at radius 2 is 1.94 bits per heavy atom. The highest BCUT2D eigenvalue weighted by atomic mass is 16.4. The van der Waals surface area contributed by atoms with Crippen molar-refractivity contribution in [2.75, 3.05) is 7.05 Å². The molecule has 0 fully saturated rings. The summed E-state index contributed by atoms with van der Waals surface area (Å²) in [6.45, 7) is 6.84. The summed E-state index contributed by atoms with van der Waals surface area (Å²) in [5.74, 6) is -0.800. The zero-order valence-electron chi connectivity index (χ0n) is 11.3. The zero-order chi connectivity index (χ0) is 14.1. The largest absolute Gasteiger partial charge is 0.481 e. The molecule has 1 aromatic heterocycles. The van der Waals surface area contributed by atoms with Gasteiger partial charge >= 0.3 is 11.9 Å². The van der Waals surface area contributed by atoms with Crippen molar-refractivity contribution in [1.29, 1.82) is 0 Å². The van der Waals surface area contributed by atoms with E-state index in [9.17, 15) is 9.59 Å². The van der Waals surface area contributed by atoms with Crippen LogP contribution in [0.1, 0.15) is 42.4 Å². The van der Waals surface area contributed by atoms with Gasteiger partial charge in [0.2, 0.25) is 0 Å². The zero-order valence-corrected chi connectivity index (χ0v) is 11.3. The second kappa shape index (κ2) is 4.80. The molecule has 18 heavy (non-hydrogen) atoms. The summed E-state index contributed by atoms with van der Waals surface area (Å²) in [4.78, 5) is 28.2. The average molecular weight is 254 g/mol. The van der Waals surface area contributed by atoms with Gasteiger partial charge in [-0.15, -0.1) is 0 Å². The van der Waals surface area contributed by atoms with Gasteiger partial charge in [-0.1, -0.05) is 0 Å². The molecule has 0 aliphatic heterocycles. The van der Waals surface area contributed by atoms with Crippen molar-refractivity contribution in [3.8, 4) is 0 Å². The Balaban J connectivity index is 2.93. The van der Waals surface area contributed by atoms with Gasteiger partial charge in [-0.3, -0.25) is 9.59 Å². The maximum Gasteiger partial charge on any atom is 0.309 e. The Morgan fingerprint density at radius 3 is 2.33 bits per heavy atom. The molecule has 0 aromatic carbocycles. The Labute approximate surface area is 106 Å². The van der Waals surface area contributed by atoms with E-state index in [1.807, 2.05) is 0 Å². The van der Waals surface area contributed by atoms with Crippen LogP contribution in [-0.2, 0) is 4.79 Å². The van der Waals surface area contributed by atoms with Crippen LogP contribution in [0.3, 0.4) is 0 Å². The van der Waals surface area contributed by atoms with Crippen molar-refractivity contribution < 1.29 is 19.1 Å². The van der Waals surface area contributed by atoms with E-state index in [1.165, 1.54) is 4.90 Å². The third-order valence-corrected chi connectivity index (χ3v) is 3.01. The van der Waals surface area contributed by atoms with Gasteiger partial charge in [-0.05, 0) is 27.7 Å². The fourth-order valence-corrected chi connectivity index (χ4v) is 1.47. The van der Waals surface area contributed by atoms with Crippen molar-refractivity contribution in [2.24, 2.45) is 0 Å². The van der Waals surface area contributed by atoms with Crippen LogP contribution < -0.4 is 0 Å². The standard InChI is InChI=1S/C12H18N2O4/c1-7-8(2)18-10(13-7)11(17)14(5)12(3,4)6-9(15)16/h6H2,1-5H3,(H,15,16). The lowest BCUT2D eigenvalue weighted by atomic mass is 9.99. The first kappa shape index (κ1) is 14.2. The fourth-order valence-electron chi connectivity index (χ4n) is 1.47. The van der Waals surface area contributed by atoms with E-state index in [1.54, 1.807) is 34.7 Å². The summed E-state index contributed by atoms with van der Waals surface area (Å²) in [6, 6.07) is 0. The number of aryl methyl sites for hydroxylation is 2. The minimum atomic E-state index is -0.959. The molecule has 6 heteroatoms. The van der Waals surface area contributed by atoms with Gasteiger partial charge in [0.1, 0.15) is 5.76 Å². The first-order valence-electron chi connectivity index (χ1n) is 5.59. The molecule has 0 unspecified atom stereocenters. The Morgan fingerprint density at radius 1 is 1.39 bits per heavy atom. The Bertz CT molecular complexity index is 457. The maximum absolute atomic E-state index is 12.1. The van der Waals surface area contributed by atoms with Crippen LogP contribution >= 0.6 is 0 Å². The monoisotopic (exact) mass is 254 g/mol. The molecule has 1 aromatic rings. The van der Waals surface area contributed by atoms with E-state index in [2.05, 4.69) is 4.98 Å². The van der Waals surface area contributed by atoms with Crippen molar-refractivity contribution in [2.45, 2.75) is 39.7 Å². The van der Waals surface area contributed by atoms with Crippen molar-refractivity contribution in [3.63, 3.8) is 0 Å². The molecule has 0 bridgehead atoms. The van der Waals surface area contributed by atoms with E-state index < -0.39 is 17.4 Å². The second-order valence-corrected chi connectivity index (χ2v) is 4.91. The van der Waals surface area contributed by atoms with E-state index in [0.29, 0.717) is 11.5 Å². The molecule has 0 aliphatic carbocycles. The van der Waals surface area contributed by atoms with Crippen LogP contribution in [-0.4, -0.2) is 39.5 Å². The van der Waals surface area contributed by atoms with Crippen LogP contribution in [0.5, 0.6) is 0 Å². The molecule has 100 valence electrons. The van der Waals surface area contributed by atoms with Crippen LogP contribution in [0.4, 0.5) is 0 Å². The molecule has 0 aliphatic rings. The second-order valence-electron chi connectivity index (χ2n) is 4.91. The molecule has 6 nitrogen and oxygen atoms in total. The molecule has 1 rings (SSSR count). The molecular weight excluding hydrogens is 236 g/mol. The molecule has 0 radical (unpaired) electrons. The lowest BCUT2D eigenvalue weighted by Gasteiger charge is -2.33. The van der Waals surface area contributed by atoms with Crippen LogP contribution in [0.15, 0.2) is 4.42 Å². The molecule has 0 spiro atoms. The lowest BCUT2D eigenvalue weighted by Crippen LogP contribution is -2.46. The topological polar surface area (TPSA) is 83.6 Å². The third kappa shape index (κ3) is 2.88. The van der Waals surface area contributed by atoms with Crippen molar-refractivity contribution >= 4 is 11.9 Å². The van der Waals surface area contributed by atoms with Gasteiger partial charge in [0.05, 0.1) is 12.1 Å². The molecule has 0 atom stereocenters. The highest BCUT2D eigenvalue weighted by Gasteiger charge is 2.33. The minimum absolute atomic E-state index is 0.00837. The minimum Gasteiger partial charge on any atom is -0.481 e. The van der Waals surface area contributed by atoms with Crippen LogP contribution in [0, 0.1) is 13.8 Å². The average Bonchev–Trinajstić information content (AvgIpc) is 2.55. The summed E-state index contributed by atoms with van der Waals surface area (Å²) >= 11 is 0. The summed E-state index contributed by atoms with van der Waals surface area (Å²) < 4.78 is 5.25. The third-order valence-electron chi connectivity index (χ3n) is 3.01. The molecule has 0 saturated carbocycles. The number of hydrogen-bond acceptors (Lipinski definition) is 4. The molecule has 1 amide bonds. The van der Waals surface area contributed by atoms with Gasteiger partial charge in [0, 0.05) is 12.6 Å². The normalized spacial score (nSPS) is 11.4. The Hall–Kier alpha value is -1.85. The number of oxazole rings is 1. The number of hydrogen-bond donors (Lipinski definition) is 1. The number of amides is 1. The number of nitrogens with zero attached hydrogens (tertiary/aromatic N) is 2. The lowest BCUT2D eigenvalue weighted by molar-refractivity contribution is -0.139. The fraction of sp³-hybridized carbons (Fsp3) is 0.583. The summed E-state index contributed by atoms with van der Waals surface area (Å²) in [5, 5.41) is 8.82. The molecule has 1 heterocycles. The van der Waals surface area contributed by atoms with Gasteiger partial charge < -0.3 is 14.4 Å². The number of aliphatic carboxylic acids is 1. The Kier molecular flexibility index (Phi) is 3.79. The quantitative estimate of drug-likeness (QED) is 0.882. The number of rotatable bonds is 4. The number of carboxylic acid groups (broad SMARTS) is 1. The highest BCUT2D eigenvalue weighted by Crippen LogP contribution is 2.20. The molecular formula is C12H18N2O4. The first-order valence-corrected chi connectivity index (χ1v) is 5.59. The maximum atomic E-state index is 12.1. The number of carboxylic acids is 1. The SMILES string of the molecule is Cc1nc(C(=O)N(C)C(C)(C)CC(=O)O)oc1C. The van der Waals surface area contributed by atoms with E-state index in [4.69, 9.17) is 9.52 Å². The predicted molar refractivity (Wildman–Crippen MR) is 64.4 cm³/mol. The van der Waals surface area contributed by atoms with E-state index in [-0.39, 0.29) is 12.3 Å². The van der Waals surface area contributed by atoms with E-state index >= 15 is 0 Å². The molecule has 0 saturated heterocycles. The summed E-state index contributed by atoms with van der Waals surface area (Å²) in [7, 11) is 1.54. The summed E-state index contributed by atoms with van der Waals surface area (Å²) in [6.07, 6.45) is -0.145. The number of carbonyl (C=O) groups excluding carboxylic acids is 1. The number of aromatic nitrogens is 1. The van der Waals surface area contributed by atoms with Gasteiger partial charge in [0.15, 0.2) is 0 Å². The molecule has 1 N–H and O–H groups in total. The van der Waals surface area contributed by atoms with Crippen molar-refractivity contribution in [3.05, 3.63) is 17.3 Å². The highest BCUT2D eigenvalue weighted by molar-refractivity contribution is 5.90. The van der Waals surface area contributed by atoms with Crippen molar-refractivity contribution in [1.82, 2.24) is 9.88 Å². The first-order chi connectivity index (χ1) is 8.15. The van der Waals surface area contributed by atoms with Crippen LogP contribution in [0.25, 0.3) is 0 Å². The predicted octanol–water partition coefficient (Wildman–Crippen LogP) is 1.62. The van der Waals surface area contributed by atoms with Gasteiger partial charge in [0.25, 0.3) is 5.89 Å². The van der Waals surface area contributed by atoms with Crippen LogP contribution in [0.2, 0.25) is 0 Å². The van der Waals surface area contributed by atoms with Gasteiger partial charge in [-0.2, -0.15) is 0 Å². The smallest absolute Gasteiger partial charge is 0.309 e. The number of carbonyl (C=O) groups is 2.